The number of hydrogen-bond donors (Lipinski definition) is 0. The zero-order chi connectivity index (χ0) is 21.7. The van der Waals surface area contributed by atoms with E-state index in [1.165, 1.54) is 4.31 Å². The second-order valence-corrected chi connectivity index (χ2v) is 9.75. The van der Waals surface area contributed by atoms with E-state index in [9.17, 15) is 8.42 Å². The average Bonchev–Trinajstić information content (AvgIpc) is 2.97. The van der Waals surface area contributed by atoms with Gasteiger partial charge in [0.25, 0.3) is 0 Å². The quantitative estimate of drug-likeness (QED) is 0.467. The molecule has 0 N–H and O–H groups in total. The zero-order valence-electron chi connectivity index (χ0n) is 18.0. The summed E-state index contributed by atoms with van der Waals surface area (Å²) < 4.78 is 39.4. The summed E-state index contributed by atoms with van der Waals surface area (Å²) in [6.07, 6.45) is 6.03. The first-order valence-corrected chi connectivity index (χ1v) is 11.8. The normalized spacial score (nSPS) is 23.9. The van der Waals surface area contributed by atoms with Crippen molar-refractivity contribution in [2.24, 2.45) is 5.92 Å². The minimum atomic E-state index is -3.57. The first-order valence-electron chi connectivity index (χ1n) is 10.3. The van der Waals surface area contributed by atoms with E-state index in [0.29, 0.717) is 37.7 Å². The zero-order valence-corrected chi connectivity index (χ0v) is 18.8. The molecule has 1 aromatic carbocycles. The maximum Gasteiger partial charge on any atom is 0.243 e. The number of methoxy groups -OCH3 is 1. The maximum atomic E-state index is 13.2. The van der Waals surface area contributed by atoms with Gasteiger partial charge < -0.3 is 9.47 Å². The molecule has 3 rings (SSSR count). The predicted molar refractivity (Wildman–Crippen MR) is 119 cm³/mol. The molecule has 0 bridgehead atoms. The number of fused-ring (bicyclic) bond motifs is 1. The standard InChI is InChI=1S/C23H32N2O4S/c1-5-11-24(19(3)28-4)16-20-14-18(2)23-21(15-20)17-25(12-13-29-23)30(26,27)22-9-7-6-8-10-22/h5-10,14-15,18-19,23H,1,11-13,16-17H2,2-4H3. The Morgan fingerprint density at radius 2 is 2.10 bits per heavy atom. The highest BCUT2D eigenvalue weighted by atomic mass is 32.2. The Balaban J connectivity index is 1.85. The van der Waals surface area contributed by atoms with Crippen LogP contribution < -0.4 is 0 Å². The molecule has 0 saturated carbocycles. The van der Waals surface area contributed by atoms with E-state index in [1.54, 1.807) is 31.4 Å². The SMILES string of the molecule is C=CCN(CC1=CC(C)C2OCCN(S(=O)(=O)c3ccccc3)CC2=C1)C(C)OC. The Kier molecular flexibility index (Phi) is 7.65. The Morgan fingerprint density at radius 3 is 2.77 bits per heavy atom. The van der Waals surface area contributed by atoms with E-state index >= 15 is 0 Å². The van der Waals surface area contributed by atoms with Crippen LogP contribution in [0.2, 0.25) is 0 Å². The number of ether oxygens (including phenoxy) is 2. The van der Waals surface area contributed by atoms with Crippen molar-refractivity contribution in [2.75, 3.05) is 39.9 Å². The van der Waals surface area contributed by atoms with Gasteiger partial charge in [-0.05, 0) is 30.2 Å². The summed E-state index contributed by atoms with van der Waals surface area (Å²) in [7, 11) is -1.88. The van der Waals surface area contributed by atoms with Crippen LogP contribution in [0.25, 0.3) is 0 Å². The fourth-order valence-corrected chi connectivity index (χ4v) is 5.46. The van der Waals surface area contributed by atoms with Gasteiger partial charge >= 0.3 is 0 Å². The summed E-state index contributed by atoms with van der Waals surface area (Å²) in [6, 6.07) is 8.59. The fraction of sp³-hybridized carbons (Fsp3) is 0.478. The highest BCUT2D eigenvalue weighted by Gasteiger charge is 2.34. The Hall–Kier alpha value is -1.77. The minimum absolute atomic E-state index is 0.0457. The molecule has 164 valence electrons. The molecular weight excluding hydrogens is 400 g/mol. The predicted octanol–water partition coefficient (Wildman–Crippen LogP) is 3.06. The van der Waals surface area contributed by atoms with Gasteiger partial charge in [0.1, 0.15) is 6.23 Å². The maximum absolute atomic E-state index is 13.2. The van der Waals surface area contributed by atoms with Crippen molar-refractivity contribution in [1.82, 2.24) is 9.21 Å². The molecule has 3 atom stereocenters. The van der Waals surface area contributed by atoms with Crippen molar-refractivity contribution < 1.29 is 17.9 Å². The lowest BCUT2D eigenvalue weighted by Crippen LogP contribution is -2.38. The summed E-state index contributed by atoms with van der Waals surface area (Å²) >= 11 is 0. The molecule has 0 radical (unpaired) electrons. The molecule has 2 aliphatic rings. The molecule has 30 heavy (non-hydrogen) atoms. The fourth-order valence-electron chi connectivity index (χ4n) is 4.03. The van der Waals surface area contributed by atoms with E-state index in [2.05, 4.69) is 30.6 Å². The number of sulfonamides is 1. The Morgan fingerprint density at radius 1 is 1.37 bits per heavy atom. The number of rotatable bonds is 8. The first-order chi connectivity index (χ1) is 14.4. The van der Waals surface area contributed by atoms with Crippen molar-refractivity contribution in [3.8, 4) is 0 Å². The molecule has 6 nitrogen and oxygen atoms in total. The molecule has 0 aromatic heterocycles. The van der Waals surface area contributed by atoms with E-state index in [4.69, 9.17) is 9.47 Å². The third kappa shape index (κ3) is 5.10. The molecule has 7 heteroatoms. The highest BCUT2D eigenvalue weighted by Crippen LogP contribution is 2.30. The lowest BCUT2D eigenvalue weighted by Gasteiger charge is -2.32. The van der Waals surface area contributed by atoms with Crippen LogP contribution in [0.1, 0.15) is 13.8 Å². The van der Waals surface area contributed by atoms with Gasteiger partial charge in [-0.2, -0.15) is 4.31 Å². The van der Waals surface area contributed by atoms with Crippen LogP contribution in [-0.2, 0) is 19.5 Å². The molecule has 1 heterocycles. The summed E-state index contributed by atoms with van der Waals surface area (Å²) in [5, 5.41) is 0. The van der Waals surface area contributed by atoms with Crippen molar-refractivity contribution in [2.45, 2.75) is 31.1 Å². The molecule has 1 aliphatic heterocycles. The molecule has 1 aliphatic carbocycles. The van der Waals surface area contributed by atoms with Crippen LogP contribution >= 0.6 is 0 Å². The third-order valence-electron chi connectivity index (χ3n) is 5.67. The van der Waals surface area contributed by atoms with Crippen LogP contribution in [0.15, 0.2) is 71.2 Å². The molecule has 3 unspecified atom stereocenters. The number of hydrogen-bond acceptors (Lipinski definition) is 5. The lowest BCUT2D eigenvalue weighted by molar-refractivity contribution is -0.00694. The minimum Gasteiger partial charge on any atom is -0.372 e. The number of benzene rings is 1. The van der Waals surface area contributed by atoms with Crippen molar-refractivity contribution in [3.63, 3.8) is 0 Å². The summed E-state index contributed by atoms with van der Waals surface area (Å²) in [5.74, 6) is 0.169. The molecule has 0 spiro atoms. The van der Waals surface area contributed by atoms with Crippen molar-refractivity contribution in [3.05, 3.63) is 66.3 Å². The van der Waals surface area contributed by atoms with Gasteiger partial charge in [-0.3, -0.25) is 4.90 Å². The molecule has 1 aromatic rings. The number of nitrogens with zero attached hydrogens (tertiary/aromatic N) is 2. The monoisotopic (exact) mass is 432 g/mol. The Bertz CT molecular complexity index is 895. The average molecular weight is 433 g/mol. The van der Waals surface area contributed by atoms with Crippen LogP contribution in [0.3, 0.4) is 0 Å². The van der Waals surface area contributed by atoms with E-state index < -0.39 is 10.0 Å². The van der Waals surface area contributed by atoms with Crippen LogP contribution in [0.4, 0.5) is 0 Å². The smallest absolute Gasteiger partial charge is 0.243 e. The molecule has 1 fully saturated rings. The summed E-state index contributed by atoms with van der Waals surface area (Å²) in [5.41, 5.74) is 2.14. The van der Waals surface area contributed by atoms with Crippen LogP contribution in [0, 0.1) is 5.92 Å². The van der Waals surface area contributed by atoms with Gasteiger partial charge in [-0.25, -0.2) is 8.42 Å². The third-order valence-corrected chi connectivity index (χ3v) is 7.53. The van der Waals surface area contributed by atoms with E-state index in [0.717, 1.165) is 11.1 Å². The second-order valence-electron chi connectivity index (χ2n) is 7.82. The van der Waals surface area contributed by atoms with Crippen molar-refractivity contribution in [1.29, 1.82) is 0 Å². The Labute approximate surface area is 180 Å². The van der Waals surface area contributed by atoms with E-state index in [1.807, 2.05) is 19.1 Å². The second kappa shape index (κ2) is 10.0. The van der Waals surface area contributed by atoms with Gasteiger partial charge in [0.2, 0.25) is 10.0 Å². The lowest BCUT2D eigenvalue weighted by atomic mass is 9.88. The van der Waals surface area contributed by atoms with Crippen LogP contribution in [0.5, 0.6) is 0 Å². The summed E-state index contributed by atoms with van der Waals surface area (Å²) in [4.78, 5) is 2.49. The van der Waals surface area contributed by atoms with Gasteiger partial charge in [0.05, 0.1) is 17.6 Å². The van der Waals surface area contributed by atoms with Crippen molar-refractivity contribution >= 4 is 10.0 Å². The van der Waals surface area contributed by atoms with Gasteiger partial charge in [-0.1, -0.05) is 43.4 Å². The van der Waals surface area contributed by atoms with Crippen LogP contribution in [-0.4, -0.2) is 69.9 Å². The molecule has 0 amide bonds. The van der Waals surface area contributed by atoms with E-state index in [-0.39, 0.29) is 18.2 Å². The van der Waals surface area contributed by atoms with Gasteiger partial charge in [-0.15, -0.1) is 6.58 Å². The molecule has 1 saturated heterocycles. The highest BCUT2D eigenvalue weighted by molar-refractivity contribution is 7.89. The van der Waals surface area contributed by atoms with Gasteiger partial charge in [0, 0.05) is 39.2 Å². The molecular formula is C23H32N2O4S. The summed E-state index contributed by atoms with van der Waals surface area (Å²) in [6.45, 7) is 10.4. The largest absolute Gasteiger partial charge is 0.372 e. The topological polar surface area (TPSA) is 59.1 Å². The first kappa shape index (κ1) is 22.9. The van der Waals surface area contributed by atoms with Gasteiger partial charge in [0.15, 0.2) is 0 Å².